The molecule has 0 aliphatic rings. The van der Waals surface area contributed by atoms with E-state index in [0.717, 1.165) is 17.5 Å². The Balaban J connectivity index is 2.34. The second-order valence-electron chi connectivity index (χ2n) is 11.5. The number of alkyl carbamates (subject to hydrolysis) is 1. The van der Waals surface area contributed by atoms with Crippen molar-refractivity contribution in [3.8, 4) is 0 Å². The summed E-state index contributed by atoms with van der Waals surface area (Å²) in [6, 6.07) is 17.6. The van der Waals surface area contributed by atoms with Crippen LogP contribution in [0, 0.1) is 5.92 Å². The predicted molar refractivity (Wildman–Crippen MR) is 156 cm³/mol. The number of benzene rings is 2. The highest BCUT2D eigenvalue weighted by atomic mass is 16.6. The summed E-state index contributed by atoms with van der Waals surface area (Å²) in [5.74, 6) is 0.111. The molecule has 2 rings (SSSR count). The van der Waals surface area contributed by atoms with Crippen molar-refractivity contribution in [2.45, 2.75) is 90.1 Å². The number of hydrogen-bond donors (Lipinski definition) is 5. The maximum absolute atomic E-state index is 13.5. The third-order valence-corrected chi connectivity index (χ3v) is 6.25. The summed E-state index contributed by atoms with van der Waals surface area (Å²) in [7, 11) is 0. The molecule has 2 aromatic carbocycles. The summed E-state index contributed by atoms with van der Waals surface area (Å²) in [4.78, 5) is 26.3. The van der Waals surface area contributed by atoms with Gasteiger partial charge in [-0.25, -0.2) is 4.79 Å². The molecule has 3 unspecified atom stereocenters. The fraction of sp³-hybridized carbons (Fsp3) is 0.548. The smallest absolute Gasteiger partial charge is 0.407 e. The van der Waals surface area contributed by atoms with Crippen LogP contribution in [-0.4, -0.2) is 60.0 Å². The Hall–Kier alpha value is -2.94. The number of ether oxygens (including phenoxy) is 1. The highest BCUT2D eigenvalue weighted by Gasteiger charge is 2.33. The maximum atomic E-state index is 13.5. The molecule has 6 N–H and O–H groups in total. The van der Waals surface area contributed by atoms with Gasteiger partial charge in [0.1, 0.15) is 5.60 Å². The molecule has 0 bridgehead atoms. The van der Waals surface area contributed by atoms with E-state index in [1.54, 1.807) is 20.8 Å². The quantitative estimate of drug-likeness (QED) is 0.220. The van der Waals surface area contributed by atoms with Crippen LogP contribution in [0.5, 0.6) is 0 Å². The Morgan fingerprint density at radius 2 is 1.41 bits per heavy atom. The number of nitrogens with two attached hydrogens (primary N) is 1. The molecule has 0 heterocycles. The Morgan fingerprint density at radius 3 is 1.87 bits per heavy atom. The molecule has 0 radical (unpaired) electrons. The molecule has 0 saturated carbocycles. The highest BCUT2D eigenvalue weighted by Crippen LogP contribution is 2.16. The van der Waals surface area contributed by atoms with Gasteiger partial charge in [-0.3, -0.25) is 4.79 Å². The van der Waals surface area contributed by atoms with Gasteiger partial charge in [-0.1, -0.05) is 74.5 Å². The molecule has 0 spiro atoms. The van der Waals surface area contributed by atoms with Crippen LogP contribution in [0.2, 0.25) is 0 Å². The first-order valence-corrected chi connectivity index (χ1v) is 14.0. The van der Waals surface area contributed by atoms with E-state index in [1.165, 1.54) is 0 Å². The maximum Gasteiger partial charge on any atom is 0.407 e. The lowest BCUT2D eigenvalue weighted by molar-refractivity contribution is -0.125. The number of aliphatic hydroxyl groups is 1. The van der Waals surface area contributed by atoms with Crippen molar-refractivity contribution < 1.29 is 19.4 Å². The number of hydrogen-bond acceptors (Lipinski definition) is 6. The van der Waals surface area contributed by atoms with Crippen LogP contribution in [0.15, 0.2) is 60.7 Å². The zero-order valence-corrected chi connectivity index (χ0v) is 24.2. The lowest BCUT2D eigenvalue weighted by Crippen LogP contribution is -2.58. The molecule has 216 valence electrons. The van der Waals surface area contributed by atoms with Crippen molar-refractivity contribution in [1.82, 2.24) is 16.0 Å². The molecular formula is C31H48N4O4. The molecule has 2 aromatic rings. The van der Waals surface area contributed by atoms with Gasteiger partial charge >= 0.3 is 6.09 Å². The average Bonchev–Trinajstić information content (AvgIpc) is 2.87. The van der Waals surface area contributed by atoms with Gasteiger partial charge in [-0.05, 0) is 76.6 Å². The van der Waals surface area contributed by atoms with Crippen molar-refractivity contribution in [3.05, 3.63) is 71.8 Å². The lowest BCUT2D eigenvalue weighted by atomic mass is 9.92. The van der Waals surface area contributed by atoms with Gasteiger partial charge in [0.15, 0.2) is 0 Å². The molecule has 0 aliphatic carbocycles. The summed E-state index contributed by atoms with van der Waals surface area (Å²) in [6.45, 7) is 10.7. The van der Waals surface area contributed by atoms with Crippen LogP contribution in [0.4, 0.5) is 4.79 Å². The zero-order chi connectivity index (χ0) is 28.8. The largest absolute Gasteiger partial charge is 0.444 e. The molecular weight excluding hydrogens is 492 g/mol. The fourth-order valence-electron chi connectivity index (χ4n) is 4.41. The molecule has 0 aromatic heterocycles. The monoisotopic (exact) mass is 540 g/mol. The first-order valence-electron chi connectivity index (χ1n) is 14.0. The van der Waals surface area contributed by atoms with Gasteiger partial charge in [0.05, 0.1) is 24.2 Å². The Kier molecular flexibility index (Phi) is 13.4. The third kappa shape index (κ3) is 12.6. The van der Waals surface area contributed by atoms with Gasteiger partial charge < -0.3 is 31.5 Å². The Bertz CT molecular complexity index is 979. The van der Waals surface area contributed by atoms with Gasteiger partial charge in [0.25, 0.3) is 0 Å². The molecule has 0 aliphatic heterocycles. The highest BCUT2D eigenvalue weighted by molar-refractivity contribution is 5.82. The SMILES string of the molecule is CC(C)C[C@H](NCCCN)C(=O)NC(Cc1ccccc1)C(O)C(Cc1ccccc1)NC(=O)OC(C)(C)C. The van der Waals surface area contributed by atoms with E-state index < -0.39 is 35.9 Å². The Morgan fingerprint density at radius 1 is 0.897 bits per heavy atom. The van der Waals surface area contributed by atoms with E-state index >= 15 is 0 Å². The number of rotatable bonds is 15. The first-order chi connectivity index (χ1) is 18.5. The van der Waals surface area contributed by atoms with Crippen LogP contribution < -0.4 is 21.7 Å². The minimum Gasteiger partial charge on any atom is -0.444 e. The van der Waals surface area contributed by atoms with Crippen molar-refractivity contribution in [1.29, 1.82) is 0 Å². The first kappa shape index (κ1) is 32.3. The van der Waals surface area contributed by atoms with Gasteiger partial charge in [-0.2, -0.15) is 0 Å². The summed E-state index contributed by atoms with van der Waals surface area (Å²) in [6.07, 6.45) is 0.461. The predicted octanol–water partition coefficient (Wildman–Crippen LogP) is 3.56. The number of carbonyl (C=O) groups is 2. The van der Waals surface area contributed by atoms with E-state index in [2.05, 4.69) is 29.8 Å². The van der Waals surface area contributed by atoms with E-state index in [4.69, 9.17) is 10.5 Å². The summed E-state index contributed by atoms with van der Waals surface area (Å²) in [5, 5.41) is 21.1. The van der Waals surface area contributed by atoms with Crippen LogP contribution in [0.25, 0.3) is 0 Å². The molecule has 8 nitrogen and oxygen atoms in total. The third-order valence-electron chi connectivity index (χ3n) is 6.25. The van der Waals surface area contributed by atoms with Crippen molar-refractivity contribution >= 4 is 12.0 Å². The topological polar surface area (TPSA) is 126 Å². The van der Waals surface area contributed by atoms with E-state index in [-0.39, 0.29) is 5.91 Å². The van der Waals surface area contributed by atoms with Gasteiger partial charge in [-0.15, -0.1) is 0 Å². The minimum absolute atomic E-state index is 0.184. The number of amides is 2. The normalized spacial score (nSPS) is 14.8. The molecule has 0 fully saturated rings. The molecule has 39 heavy (non-hydrogen) atoms. The van der Waals surface area contributed by atoms with Crippen LogP contribution in [0.3, 0.4) is 0 Å². The van der Waals surface area contributed by atoms with Crippen molar-refractivity contribution in [3.63, 3.8) is 0 Å². The average molecular weight is 541 g/mol. The van der Waals surface area contributed by atoms with E-state index in [1.807, 2.05) is 60.7 Å². The van der Waals surface area contributed by atoms with Gasteiger partial charge in [0.2, 0.25) is 5.91 Å². The second kappa shape index (κ2) is 16.2. The lowest BCUT2D eigenvalue weighted by Gasteiger charge is -2.33. The van der Waals surface area contributed by atoms with Crippen LogP contribution in [0.1, 0.15) is 58.6 Å². The molecule has 8 heteroatoms. The molecule has 0 saturated heterocycles. The molecule has 2 amide bonds. The standard InChI is InChI=1S/C31H48N4O4/c1-22(2)19-27(33-18-12-17-32)29(37)34-25(20-23-13-8-6-9-14-23)28(36)26(21-24-15-10-7-11-16-24)35-30(38)39-31(3,4)5/h6-11,13-16,22,25-28,33,36H,12,17-21,32H2,1-5H3,(H,34,37)(H,35,38)/t25?,26?,27-,28?/m0/s1. The van der Waals surface area contributed by atoms with Crippen molar-refractivity contribution in [2.24, 2.45) is 11.7 Å². The number of carbonyl (C=O) groups excluding carboxylic acids is 2. The summed E-state index contributed by atoms with van der Waals surface area (Å²) in [5.41, 5.74) is 6.88. The summed E-state index contributed by atoms with van der Waals surface area (Å²) >= 11 is 0. The molecule has 4 atom stereocenters. The van der Waals surface area contributed by atoms with Gasteiger partial charge in [0, 0.05) is 0 Å². The fourth-order valence-corrected chi connectivity index (χ4v) is 4.41. The van der Waals surface area contributed by atoms with Crippen LogP contribution in [-0.2, 0) is 22.4 Å². The minimum atomic E-state index is -1.09. The Labute approximate surface area is 234 Å². The van der Waals surface area contributed by atoms with Crippen molar-refractivity contribution in [2.75, 3.05) is 13.1 Å². The van der Waals surface area contributed by atoms with Crippen LogP contribution >= 0.6 is 0 Å². The number of aliphatic hydroxyl groups excluding tert-OH is 1. The second-order valence-corrected chi connectivity index (χ2v) is 11.5. The van der Waals surface area contributed by atoms with E-state index in [0.29, 0.717) is 38.3 Å². The zero-order valence-electron chi connectivity index (χ0n) is 24.2. The summed E-state index contributed by atoms with van der Waals surface area (Å²) < 4.78 is 5.50. The van der Waals surface area contributed by atoms with E-state index in [9.17, 15) is 14.7 Å². The number of nitrogens with one attached hydrogen (secondary N) is 3.